The van der Waals surface area contributed by atoms with E-state index in [9.17, 15) is 4.79 Å². The number of amides is 1. The highest BCUT2D eigenvalue weighted by Crippen LogP contribution is 2.13. The van der Waals surface area contributed by atoms with Crippen LogP contribution in [0.2, 0.25) is 0 Å². The number of thiazole rings is 1. The van der Waals surface area contributed by atoms with Crippen LogP contribution in [0, 0.1) is 0 Å². The van der Waals surface area contributed by atoms with Gasteiger partial charge in [-0.25, -0.2) is 4.98 Å². The van der Waals surface area contributed by atoms with E-state index in [-0.39, 0.29) is 36.8 Å². The number of hydrogen-bond acceptors (Lipinski definition) is 4. The van der Waals surface area contributed by atoms with Crippen LogP contribution in [0.5, 0.6) is 0 Å². The predicted molar refractivity (Wildman–Crippen MR) is 83.5 cm³/mol. The molecule has 1 saturated heterocycles. The molecule has 0 aliphatic carbocycles. The Morgan fingerprint density at radius 1 is 1.53 bits per heavy atom. The lowest BCUT2D eigenvalue weighted by Crippen LogP contribution is -2.46. The summed E-state index contributed by atoms with van der Waals surface area (Å²) in [6.45, 7) is 3.62. The average molecular weight is 326 g/mol. The van der Waals surface area contributed by atoms with E-state index in [4.69, 9.17) is 0 Å². The van der Waals surface area contributed by atoms with Crippen LogP contribution < -0.4 is 10.6 Å². The maximum Gasteiger partial charge on any atom is 0.237 e. The van der Waals surface area contributed by atoms with Crippen LogP contribution in [0.3, 0.4) is 0 Å². The fourth-order valence-electron chi connectivity index (χ4n) is 1.95. The van der Waals surface area contributed by atoms with E-state index >= 15 is 0 Å². The highest BCUT2D eigenvalue weighted by molar-refractivity contribution is 7.11. The van der Waals surface area contributed by atoms with Gasteiger partial charge in [0.25, 0.3) is 0 Å². The van der Waals surface area contributed by atoms with Crippen molar-refractivity contribution >= 4 is 42.1 Å². The maximum absolute atomic E-state index is 11.9. The van der Waals surface area contributed by atoms with Gasteiger partial charge in [-0.1, -0.05) is 13.3 Å². The van der Waals surface area contributed by atoms with Gasteiger partial charge in [0.2, 0.25) is 5.91 Å². The lowest BCUT2D eigenvalue weighted by atomic mass is 10.0. The first-order valence-electron chi connectivity index (χ1n) is 6.24. The van der Waals surface area contributed by atoms with E-state index < -0.39 is 0 Å². The molecule has 0 spiro atoms. The Kier molecular flexibility index (Phi) is 9.35. The second kappa shape index (κ2) is 9.53. The molecule has 1 unspecified atom stereocenters. The van der Waals surface area contributed by atoms with Crippen molar-refractivity contribution in [1.82, 2.24) is 15.6 Å². The molecule has 1 aromatic rings. The maximum atomic E-state index is 11.9. The van der Waals surface area contributed by atoms with Gasteiger partial charge in [-0.3, -0.25) is 4.79 Å². The minimum absolute atomic E-state index is 0. The summed E-state index contributed by atoms with van der Waals surface area (Å²) in [6.07, 6.45) is 6.17. The molecule has 2 rings (SSSR count). The zero-order valence-electron chi connectivity index (χ0n) is 11.0. The van der Waals surface area contributed by atoms with Gasteiger partial charge in [-0.05, 0) is 25.8 Å². The number of halogens is 2. The van der Waals surface area contributed by atoms with Crippen LogP contribution in [0.1, 0.15) is 36.1 Å². The van der Waals surface area contributed by atoms with Crippen molar-refractivity contribution in [2.75, 3.05) is 6.54 Å². The number of nitrogens with one attached hydrogen (secondary N) is 2. The fourth-order valence-corrected chi connectivity index (χ4v) is 2.76. The van der Waals surface area contributed by atoms with Crippen molar-refractivity contribution in [3.8, 4) is 0 Å². The standard InChI is InChI=1S/C12H19N3OS.2ClH/c1-2-9-7-14-11(17-9)8-15-12(16)10-5-3-4-6-13-10;;/h7,10,13H,2-6,8H2,1H3,(H,15,16);2*1H. The molecule has 1 fully saturated rings. The Balaban J connectivity index is 0.00000162. The van der Waals surface area contributed by atoms with Crippen LogP contribution in [-0.2, 0) is 17.8 Å². The summed E-state index contributed by atoms with van der Waals surface area (Å²) in [5.74, 6) is 0.109. The molecule has 2 heterocycles. The van der Waals surface area contributed by atoms with E-state index in [0.717, 1.165) is 30.8 Å². The third kappa shape index (κ3) is 5.65. The Morgan fingerprint density at radius 2 is 2.32 bits per heavy atom. The molecule has 1 atom stereocenters. The lowest BCUT2D eigenvalue weighted by molar-refractivity contribution is -0.123. The third-order valence-electron chi connectivity index (χ3n) is 2.99. The van der Waals surface area contributed by atoms with Gasteiger partial charge in [-0.2, -0.15) is 0 Å². The zero-order valence-corrected chi connectivity index (χ0v) is 13.4. The third-order valence-corrected chi connectivity index (χ3v) is 4.13. The molecular formula is C12H21Cl2N3OS. The van der Waals surface area contributed by atoms with Gasteiger partial charge < -0.3 is 10.6 Å². The summed E-state index contributed by atoms with van der Waals surface area (Å²) in [4.78, 5) is 17.4. The zero-order chi connectivity index (χ0) is 12.1. The van der Waals surface area contributed by atoms with Crippen molar-refractivity contribution in [2.45, 2.75) is 45.2 Å². The molecular weight excluding hydrogens is 305 g/mol. The molecule has 0 bridgehead atoms. The molecule has 0 aromatic carbocycles. The van der Waals surface area contributed by atoms with Crippen molar-refractivity contribution in [2.24, 2.45) is 0 Å². The van der Waals surface area contributed by atoms with Gasteiger partial charge in [0.1, 0.15) is 5.01 Å². The van der Waals surface area contributed by atoms with E-state index in [1.165, 1.54) is 11.3 Å². The Labute approximate surface area is 130 Å². The van der Waals surface area contributed by atoms with Crippen LogP contribution >= 0.6 is 36.2 Å². The number of aromatic nitrogens is 1. The largest absolute Gasteiger partial charge is 0.348 e. The number of carbonyl (C=O) groups excluding carboxylic acids is 1. The molecule has 0 saturated carbocycles. The SMILES string of the molecule is CCc1cnc(CNC(=O)C2CCCCN2)s1.Cl.Cl. The van der Waals surface area contributed by atoms with Crippen LogP contribution in [0.4, 0.5) is 0 Å². The normalized spacial score (nSPS) is 18.1. The molecule has 7 heteroatoms. The first-order valence-corrected chi connectivity index (χ1v) is 7.06. The van der Waals surface area contributed by atoms with Crippen molar-refractivity contribution in [3.05, 3.63) is 16.1 Å². The highest BCUT2D eigenvalue weighted by atomic mass is 35.5. The minimum Gasteiger partial charge on any atom is -0.348 e. The summed E-state index contributed by atoms with van der Waals surface area (Å²) >= 11 is 1.68. The van der Waals surface area contributed by atoms with Gasteiger partial charge in [-0.15, -0.1) is 36.2 Å². The summed E-state index contributed by atoms with van der Waals surface area (Å²) in [5.41, 5.74) is 0. The van der Waals surface area contributed by atoms with Crippen LogP contribution in [0.25, 0.3) is 0 Å². The number of rotatable bonds is 4. The van der Waals surface area contributed by atoms with E-state index in [2.05, 4.69) is 22.5 Å². The molecule has 19 heavy (non-hydrogen) atoms. The number of nitrogens with zero attached hydrogens (tertiary/aromatic N) is 1. The van der Waals surface area contributed by atoms with Gasteiger partial charge >= 0.3 is 0 Å². The summed E-state index contributed by atoms with van der Waals surface area (Å²) in [7, 11) is 0. The Morgan fingerprint density at radius 3 is 2.89 bits per heavy atom. The number of hydrogen-bond donors (Lipinski definition) is 2. The molecule has 2 N–H and O–H groups in total. The van der Waals surface area contributed by atoms with Gasteiger partial charge in [0.15, 0.2) is 0 Å². The molecule has 1 amide bonds. The molecule has 1 aliphatic heterocycles. The van der Waals surface area contributed by atoms with Crippen LogP contribution in [0.15, 0.2) is 6.20 Å². The Hall–Kier alpha value is -0.360. The number of aryl methyl sites for hydroxylation is 1. The summed E-state index contributed by atoms with van der Waals surface area (Å²) in [6, 6.07) is -0.00522. The van der Waals surface area contributed by atoms with E-state index in [1.807, 2.05) is 6.20 Å². The monoisotopic (exact) mass is 325 g/mol. The molecule has 1 aromatic heterocycles. The van der Waals surface area contributed by atoms with Crippen molar-refractivity contribution in [3.63, 3.8) is 0 Å². The smallest absolute Gasteiger partial charge is 0.237 e. The molecule has 0 radical (unpaired) electrons. The minimum atomic E-state index is -0.00522. The van der Waals surface area contributed by atoms with Gasteiger partial charge in [0.05, 0.1) is 12.6 Å². The summed E-state index contributed by atoms with van der Waals surface area (Å²) in [5, 5.41) is 7.19. The van der Waals surface area contributed by atoms with Crippen molar-refractivity contribution in [1.29, 1.82) is 0 Å². The second-order valence-corrected chi connectivity index (χ2v) is 5.49. The summed E-state index contributed by atoms with van der Waals surface area (Å²) < 4.78 is 0. The van der Waals surface area contributed by atoms with Crippen LogP contribution in [-0.4, -0.2) is 23.5 Å². The second-order valence-electron chi connectivity index (χ2n) is 4.29. The number of carbonyl (C=O) groups is 1. The quantitative estimate of drug-likeness (QED) is 0.893. The van der Waals surface area contributed by atoms with E-state index in [0.29, 0.717) is 6.54 Å². The first kappa shape index (κ1) is 18.6. The molecule has 110 valence electrons. The predicted octanol–water partition coefficient (Wildman–Crippen LogP) is 2.31. The fraction of sp³-hybridized carbons (Fsp3) is 0.667. The number of piperidine rings is 1. The molecule has 4 nitrogen and oxygen atoms in total. The average Bonchev–Trinajstić information content (AvgIpc) is 2.85. The van der Waals surface area contributed by atoms with Gasteiger partial charge in [0, 0.05) is 11.1 Å². The first-order chi connectivity index (χ1) is 8.29. The van der Waals surface area contributed by atoms with Crippen molar-refractivity contribution < 1.29 is 4.79 Å². The van der Waals surface area contributed by atoms with E-state index in [1.54, 1.807) is 11.3 Å². The Bertz CT molecular complexity index is 381. The topological polar surface area (TPSA) is 54.0 Å². The lowest BCUT2D eigenvalue weighted by Gasteiger charge is -2.22. The highest BCUT2D eigenvalue weighted by Gasteiger charge is 2.20. The molecule has 1 aliphatic rings.